The Balaban J connectivity index is 1.59. The minimum Gasteiger partial charge on any atom is -0.616 e. The predicted molar refractivity (Wildman–Crippen MR) is 110 cm³/mol. The standard InChI is InChI=1S/C20H16F6N6O2S/c1-10(30-18(33)11-4-12(19(21,22)23)6-13(5-11)20(24,25)26)15-16(28-3-2-27-15)17-29-9-32(31-17)14-7-35(34)8-14/h2-6,9-10,14H,7-8H2,1H3,(H,30,33). The molecule has 35 heavy (non-hydrogen) atoms. The van der Waals surface area contributed by atoms with Crippen LogP contribution < -0.4 is 5.32 Å². The van der Waals surface area contributed by atoms with Gasteiger partial charge in [-0.3, -0.25) is 9.78 Å². The molecule has 2 aromatic heterocycles. The first-order valence-corrected chi connectivity index (χ1v) is 11.5. The van der Waals surface area contributed by atoms with Crippen LogP contribution in [-0.4, -0.2) is 46.7 Å². The molecule has 1 aromatic carbocycles. The zero-order valence-corrected chi connectivity index (χ0v) is 18.6. The zero-order valence-electron chi connectivity index (χ0n) is 17.8. The van der Waals surface area contributed by atoms with Crippen LogP contribution in [-0.2, 0) is 23.5 Å². The lowest BCUT2D eigenvalue weighted by atomic mass is 10.0. The SMILES string of the molecule is CC(NC(=O)c1cc(C(F)(F)F)cc(C(F)(F)F)c1)c1nccnc1-c1ncn(C2C[S+]([O-])C2)n1. The number of carbonyl (C=O) groups excluding carboxylic acids is 1. The minimum absolute atomic E-state index is 0.0549. The van der Waals surface area contributed by atoms with Crippen molar-refractivity contribution in [2.75, 3.05) is 11.5 Å². The van der Waals surface area contributed by atoms with Crippen molar-refractivity contribution in [3.63, 3.8) is 0 Å². The predicted octanol–water partition coefficient (Wildman–Crippen LogP) is 3.57. The molecular formula is C20H16F6N6O2S. The van der Waals surface area contributed by atoms with Gasteiger partial charge in [0.1, 0.15) is 29.6 Å². The third-order valence-electron chi connectivity index (χ3n) is 5.19. The summed E-state index contributed by atoms with van der Waals surface area (Å²) in [6.07, 6.45) is -6.09. The summed E-state index contributed by atoms with van der Waals surface area (Å²) in [5.74, 6) is -0.162. The summed E-state index contributed by atoms with van der Waals surface area (Å²) >= 11 is -0.914. The van der Waals surface area contributed by atoms with Gasteiger partial charge in [-0.2, -0.15) is 26.3 Å². The van der Waals surface area contributed by atoms with Crippen molar-refractivity contribution in [3.8, 4) is 11.5 Å². The van der Waals surface area contributed by atoms with Crippen LogP contribution in [0.15, 0.2) is 36.9 Å². The summed E-state index contributed by atoms with van der Waals surface area (Å²) in [4.78, 5) is 25.1. The molecule has 0 spiro atoms. The molecule has 1 aliphatic rings. The smallest absolute Gasteiger partial charge is 0.416 e. The van der Waals surface area contributed by atoms with Crippen LogP contribution in [0, 0.1) is 0 Å². The molecular weight excluding hydrogens is 502 g/mol. The molecule has 8 nitrogen and oxygen atoms in total. The molecule has 1 N–H and O–H groups in total. The van der Waals surface area contributed by atoms with Crippen LogP contribution in [0.25, 0.3) is 11.5 Å². The average molecular weight is 518 g/mol. The van der Waals surface area contributed by atoms with Crippen LogP contribution in [0.5, 0.6) is 0 Å². The van der Waals surface area contributed by atoms with Crippen LogP contribution in [0.3, 0.4) is 0 Å². The Bertz CT molecular complexity index is 1210. The monoisotopic (exact) mass is 518 g/mol. The highest BCUT2D eigenvalue weighted by molar-refractivity contribution is 7.92. The number of nitrogens with one attached hydrogen (secondary N) is 1. The van der Waals surface area contributed by atoms with E-state index in [1.807, 2.05) is 0 Å². The summed E-state index contributed by atoms with van der Waals surface area (Å²) in [6, 6.07) is -0.418. The van der Waals surface area contributed by atoms with Crippen LogP contribution in [0.2, 0.25) is 0 Å². The highest BCUT2D eigenvalue weighted by atomic mass is 32.2. The van der Waals surface area contributed by atoms with Gasteiger partial charge in [0, 0.05) is 18.0 Å². The number of carbonyl (C=O) groups is 1. The molecule has 15 heteroatoms. The summed E-state index contributed by atoms with van der Waals surface area (Å²) < 4.78 is 91.6. The lowest BCUT2D eigenvalue weighted by molar-refractivity contribution is -0.143. The van der Waals surface area contributed by atoms with E-state index in [-0.39, 0.29) is 29.3 Å². The van der Waals surface area contributed by atoms with Crippen molar-refractivity contribution >= 4 is 17.1 Å². The first-order valence-electron chi connectivity index (χ1n) is 10.0. The molecule has 186 valence electrons. The number of hydrogen-bond acceptors (Lipinski definition) is 6. The fourth-order valence-corrected chi connectivity index (χ4v) is 4.43. The Morgan fingerprint density at radius 1 is 1.06 bits per heavy atom. The first-order chi connectivity index (χ1) is 16.3. The fourth-order valence-electron chi connectivity index (χ4n) is 3.36. The minimum atomic E-state index is -5.09. The number of aromatic nitrogens is 5. The highest BCUT2D eigenvalue weighted by Crippen LogP contribution is 2.36. The zero-order chi connectivity index (χ0) is 25.5. The van der Waals surface area contributed by atoms with Gasteiger partial charge in [-0.25, -0.2) is 14.6 Å². The van der Waals surface area contributed by atoms with E-state index in [1.54, 1.807) is 0 Å². The van der Waals surface area contributed by atoms with Crippen molar-refractivity contribution in [2.24, 2.45) is 0 Å². The van der Waals surface area contributed by atoms with Gasteiger partial charge < -0.3 is 9.87 Å². The van der Waals surface area contributed by atoms with E-state index < -0.39 is 52.2 Å². The largest absolute Gasteiger partial charge is 0.616 e. The van der Waals surface area contributed by atoms with E-state index in [2.05, 4.69) is 25.4 Å². The van der Waals surface area contributed by atoms with Crippen molar-refractivity contribution < 1.29 is 35.7 Å². The molecule has 1 unspecified atom stereocenters. The second-order valence-electron chi connectivity index (χ2n) is 7.76. The van der Waals surface area contributed by atoms with Crippen molar-refractivity contribution in [1.82, 2.24) is 30.0 Å². The van der Waals surface area contributed by atoms with Crippen LogP contribution in [0.1, 0.15) is 46.2 Å². The van der Waals surface area contributed by atoms with E-state index in [9.17, 15) is 35.7 Å². The molecule has 0 bridgehead atoms. The second kappa shape index (κ2) is 9.11. The van der Waals surface area contributed by atoms with E-state index in [1.165, 1.54) is 30.3 Å². The Labute approximate surface area is 197 Å². The fraction of sp³-hybridized carbons (Fsp3) is 0.350. The third-order valence-corrected chi connectivity index (χ3v) is 6.70. The Morgan fingerprint density at radius 3 is 2.23 bits per heavy atom. The van der Waals surface area contributed by atoms with E-state index in [0.717, 1.165) is 0 Å². The number of amides is 1. The van der Waals surface area contributed by atoms with Gasteiger partial charge in [0.05, 0.1) is 22.9 Å². The molecule has 4 rings (SSSR count). The summed E-state index contributed by atoms with van der Waals surface area (Å²) in [5.41, 5.74) is -3.70. The van der Waals surface area contributed by atoms with Gasteiger partial charge >= 0.3 is 12.4 Å². The molecule has 3 heterocycles. The quantitative estimate of drug-likeness (QED) is 0.409. The molecule has 0 saturated carbocycles. The Hall–Kier alpha value is -3.20. The average Bonchev–Trinajstić information content (AvgIpc) is 3.25. The summed E-state index contributed by atoms with van der Waals surface area (Å²) in [7, 11) is 0. The van der Waals surface area contributed by atoms with E-state index in [4.69, 9.17) is 0 Å². The Morgan fingerprint density at radius 2 is 1.66 bits per heavy atom. The van der Waals surface area contributed by atoms with Crippen molar-refractivity contribution in [2.45, 2.75) is 31.4 Å². The van der Waals surface area contributed by atoms with Crippen LogP contribution in [0.4, 0.5) is 26.3 Å². The second-order valence-corrected chi connectivity index (χ2v) is 9.30. The third kappa shape index (κ3) is 5.40. The molecule has 1 saturated heterocycles. The van der Waals surface area contributed by atoms with Gasteiger partial charge in [0.25, 0.3) is 5.91 Å². The van der Waals surface area contributed by atoms with Gasteiger partial charge in [-0.1, -0.05) is 0 Å². The molecule has 0 aliphatic carbocycles. The maximum atomic E-state index is 13.1. The van der Waals surface area contributed by atoms with Gasteiger partial charge in [0.15, 0.2) is 0 Å². The van der Waals surface area contributed by atoms with Crippen molar-refractivity contribution in [3.05, 3.63) is 59.3 Å². The molecule has 0 radical (unpaired) electrons. The Kier molecular flexibility index (Phi) is 6.48. The number of alkyl halides is 6. The lowest BCUT2D eigenvalue weighted by Crippen LogP contribution is -2.38. The topological polar surface area (TPSA) is 109 Å². The molecule has 1 aliphatic heterocycles. The molecule has 1 atom stereocenters. The first kappa shape index (κ1) is 24.9. The van der Waals surface area contributed by atoms with E-state index >= 15 is 0 Å². The number of hydrogen-bond donors (Lipinski definition) is 1. The van der Waals surface area contributed by atoms with Crippen LogP contribution >= 0.6 is 0 Å². The van der Waals surface area contributed by atoms with Gasteiger partial charge in [-0.15, -0.1) is 5.10 Å². The number of benzene rings is 1. The maximum Gasteiger partial charge on any atom is 0.416 e. The van der Waals surface area contributed by atoms with Gasteiger partial charge in [-0.05, 0) is 36.3 Å². The molecule has 1 fully saturated rings. The number of nitrogens with zero attached hydrogens (tertiary/aromatic N) is 5. The van der Waals surface area contributed by atoms with E-state index in [0.29, 0.717) is 23.6 Å². The van der Waals surface area contributed by atoms with Gasteiger partial charge in [0.2, 0.25) is 5.82 Å². The summed E-state index contributed by atoms with van der Waals surface area (Å²) in [6.45, 7) is 1.44. The molecule has 3 aromatic rings. The summed E-state index contributed by atoms with van der Waals surface area (Å²) in [5, 5.41) is 6.66. The molecule has 1 amide bonds. The number of halogens is 6. The number of rotatable bonds is 5. The lowest BCUT2D eigenvalue weighted by Gasteiger charge is -2.28. The van der Waals surface area contributed by atoms with Crippen molar-refractivity contribution in [1.29, 1.82) is 0 Å². The normalized spacial score (nSPS) is 19.2. The highest BCUT2D eigenvalue weighted by Gasteiger charge is 2.38. The maximum absolute atomic E-state index is 13.1.